The molecule has 1 saturated carbocycles. The summed E-state index contributed by atoms with van der Waals surface area (Å²) in [6.07, 6.45) is -0.582. The first-order valence-electron chi connectivity index (χ1n) is 7.50. The predicted molar refractivity (Wildman–Crippen MR) is 83.2 cm³/mol. The first kappa shape index (κ1) is 19.3. The molecule has 0 saturated heterocycles. The zero-order valence-electron chi connectivity index (χ0n) is 13.3. The number of H-pyrrole nitrogens is 1. The van der Waals surface area contributed by atoms with Gasteiger partial charge in [-0.15, -0.1) is 12.4 Å². The third kappa shape index (κ3) is 4.88. The average Bonchev–Trinajstić information content (AvgIpc) is 2.84. The van der Waals surface area contributed by atoms with E-state index in [2.05, 4.69) is 36.3 Å². The number of aromatic amines is 1. The molecule has 1 aliphatic rings. The van der Waals surface area contributed by atoms with Gasteiger partial charge in [0.25, 0.3) is 0 Å². The maximum absolute atomic E-state index is 12.6. The maximum Gasteiger partial charge on any atom is 0.391 e. The summed E-state index contributed by atoms with van der Waals surface area (Å²) in [5, 5.41) is 10.5. The van der Waals surface area contributed by atoms with E-state index < -0.39 is 12.1 Å². The van der Waals surface area contributed by atoms with E-state index in [9.17, 15) is 13.2 Å². The summed E-state index contributed by atoms with van der Waals surface area (Å²) in [6, 6.07) is 0.173. The van der Waals surface area contributed by atoms with Crippen LogP contribution in [0.1, 0.15) is 57.7 Å². The topological polar surface area (TPSA) is 40.7 Å². The summed E-state index contributed by atoms with van der Waals surface area (Å²) in [7, 11) is 0. The second-order valence-electron chi connectivity index (χ2n) is 6.99. The van der Waals surface area contributed by atoms with Crippen molar-refractivity contribution in [2.75, 3.05) is 0 Å². The lowest BCUT2D eigenvalue weighted by molar-refractivity contribution is -0.182. The van der Waals surface area contributed by atoms with E-state index in [1.165, 1.54) is 0 Å². The molecule has 0 radical (unpaired) electrons. The van der Waals surface area contributed by atoms with E-state index in [0.717, 1.165) is 11.3 Å². The first-order chi connectivity index (χ1) is 9.68. The summed E-state index contributed by atoms with van der Waals surface area (Å²) < 4.78 is 37.9. The lowest BCUT2D eigenvalue weighted by Gasteiger charge is -2.30. The van der Waals surface area contributed by atoms with Crippen molar-refractivity contribution in [2.24, 2.45) is 5.92 Å². The molecule has 1 aromatic heterocycles. The van der Waals surface area contributed by atoms with Gasteiger partial charge in [-0.1, -0.05) is 20.8 Å². The van der Waals surface area contributed by atoms with Crippen LogP contribution in [0.2, 0.25) is 0 Å². The van der Waals surface area contributed by atoms with Crippen LogP contribution in [-0.2, 0) is 12.0 Å². The molecule has 2 rings (SSSR count). The SMILES string of the molecule is CC(C)(C)c1[nH]ncc1CNC1CCC(C(F)(F)F)CC1.Cl. The van der Waals surface area contributed by atoms with Gasteiger partial charge in [0.05, 0.1) is 12.1 Å². The number of rotatable bonds is 3. The molecule has 1 heterocycles. The molecule has 3 nitrogen and oxygen atoms in total. The quantitative estimate of drug-likeness (QED) is 0.860. The largest absolute Gasteiger partial charge is 0.391 e. The Morgan fingerprint density at radius 3 is 2.27 bits per heavy atom. The number of nitrogens with zero attached hydrogens (tertiary/aromatic N) is 1. The molecule has 1 fully saturated rings. The van der Waals surface area contributed by atoms with Gasteiger partial charge in [0.1, 0.15) is 0 Å². The summed E-state index contributed by atoms with van der Waals surface area (Å²) >= 11 is 0. The van der Waals surface area contributed by atoms with Gasteiger partial charge in [-0.2, -0.15) is 18.3 Å². The van der Waals surface area contributed by atoms with Crippen molar-refractivity contribution in [1.82, 2.24) is 15.5 Å². The second kappa shape index (κ2) is 7.21. The van der Waals surface area contributed by atoms with Gasteiger partial charge >= 0.3 is 6.18 Å². The minimum absolute atomic E-state index is 0. The van der Waals surface area contributed by atoms with Crippen LogP contribution in [-0.4, -0.2) is 22.4 Å². The standard InChI is InChI=1S/C15H24F3N3.ClH/c1-14(2,3)13-10(9-20-21-13)8-19-12-6-4-11(5-7-12)15(16,17)18;/h9,11-12,19H,4-8H2,1-3H3,(H,20,21);1H. The highest BCUT2D eigenvalue weighted by molar-refractivity contribution is 5.85. The molecule has 0 unspecified atom stereocenters. The number of aromatic nitrogens is 2. The van der Waals surface area contributed by atoms with E-state index in [0.29, 0.717) is 19.4 Å². The van der Waals surface area contributed by atoms with Crippen LogP contribution in [0, 0.1) is 5.92 Å². The number of nitrogens with one attached hydrogen (secondary N) is 2. The van der Waals surface area contributed by atoms with Crippen molar-refractivity contribution >= 4 is 12.4 Å². The van der Waals surface area contributed by atoms with Crippen molar-refractivity contribution < 1.29 is 13.2 Å². The Labute approximate surface area is 135 Å². The molecule has 0 bridgehead atoms. The summed E-state index contributed by atoms with van der Waals surface area (Å²) in [5.74, 6) is -1.12. The minimum Gasteiger partial charge on any atom is -0.310 e. The molecule has 0 aliphatic heterocycles. The van der Waals surface area contributed by atoms with E-state index in [4.69, 9.17) is 0 Å². The highest BCUT2D eigenvalue weighted by Crippen LogP contribution is 2.37. The molecule has 0 amide bonds. The van der Waals surface area contributed by atoms with Crippen molar-refractivity contribution in [3.63, 3.8) is 0 Å². The Balaban J connectivity index is 0.00000242. The summed E-state index contributed by atoms with van der Waals surface area (Å²) in [5.41, 5.74) is 2.17. The van der Waals surface area contributed by atoms with Crippen LogP contribution < -0.4 is 5.32 Å². The van der Waals surface area contributed by atoms with Gasteiger partial charge in [-0.3, -0.25) is 5.10 Å². The normalized spacial score (nSPS) is 23.2. The number of alkyl halides is 3. The predicted octanol–water partition coefficient (Wildman–Crippen LogP) is 4.34. The lowest BCUT2D eigenvalue weighted by atomic mass is 9.85. The molecular weight excluding hydrogens is 315 g/mol. The Morgan fingerprint density at radius 2 is 1.77 bits per heavy atom. The Kier molecular flexibility index (Phi) is 6.33. The van der Waals surface area contributed by atoms with Crippen LogP contribution >= 0.6 is 12.4 Å². The fourth-order valence-electron chi connectivity index (χ4n) is 2.97. The molecule has 0 spiro atoms. The Hall–Kier alpha value is -0.750. The Morgan fingerprint density at radius 1 is 1.18 bits per heavy atom. The van der Waals surface area contributed by atoms with Gasteiger partial charge in [0, 0.05) is 29.3 Å². The van der Waals surface area contributed by atoms with Gasteiger partial charge in [0.2, 0.25) is 0 Å². The van der Waals surface area contributed by atoms with E-state index in [1.807, 2.05) is 0 Å². The van der Waals surface area contributed by atoms with Crippen LogP contribution in [0.25, 0.3) is 0 Å². The first-order valence-corrected chi connectivity index (χ1v) is 7.50. The minimum atomic E-state index is -4.03. The fraction of sp³-hybridized carbons (Fsp3) is 0.800. The third-order valence-corrected chi connectivity index (χ3v) is 4.24. The number of halogens is 4. The van der Waals surface area contributed by atoms with E-state index >= 15 is 0 Å². The molecule has 22 heavy (non-hydrogen) atoms. The number of hydrogen-bond acceptors (Lipinski definition) is 2. The molecular formula is C15H25ClF3N3. The molecule has 0 aromatic carbocycles. The van der Waals surface area contributed by atoms with Crippen molar-refractivity contribution in [3.8, 4) is 0 Å². The zero-order chi connectivity index (χ0) is 15.7. The molecule has 7 heteroatoms. The third-order valence-electron chi connectivity index (χ3n) is 4.24. The van der Waals surface area contributed by atoms with Crippen molar-refractivity contribution in [3.05, 3.63) is 17.5 Å². The lowest BCUT2D eigenvalue weighted by Crippen LogP contribution is -2.36. The average molecular weight is 340 g/mol. The molecule has 0 atom stereocenters. The monoisotopic (exact) mass is 339 g/mol. The van der Waals surface area contributed by atoms with Gasteiger partial charge in [0.15, 0.2) is 0 Å². The van der Waals surface area contributed by atoms with Gasteiger partial charge < -0.3 is 5.32 Å². The van der Waals surface area contributed by atoms with Crippen LogP contribution in [0.5, 0.6) is 0 Å². The molecule has 1 aromatic rings. The summed E-state index contributed by atoms with van der Waals surface area (Å²) in [6.45, 7) is 6.99. The van der Waals surface area contributed by atoms with Crippen LogP contribution in [0.15, 0.2) is 6.20 Å². The van der Waals surface area contributed by atoms with Crippen molar-refractivity contribution in [1.29, 1.82) is 0 Å². The molecule has 2 N–H and O–H groups in total. The fourth-order valence-corrected chi connectivity index (χ4v) is 2.97. The van der Waals surface area contributed by atoms with Gasteiger partial charge in [-0.05, 0) is 25.7 Å². The Bertz CT molecular complexity index is 457. The maximum atomic E-state index is 12.6. The van der Waals surface area contributed by atoms with E-state index in [1.54, 1.807) is 6.20 Å². The second-order valence-corrected chi connectivity index (χ2v) is 6.99. The highest BCUT2D eigenvalue weighted by Gasteiger charge is 2.41. The van der Waals surface area contributed by atoms with Crippen LogP contribution in [0.3, 0.4) is 0 Å². The zero-order valence-corrected chi connectivity index (χ0v) is 14.1. The van der Waals surface area contributed by atoms with Gasteiger partial charge in [-0.25, -0.2) is 0 Å². The van der Waals surface area contributed by atoms with E-state index in [-0.39, 0.29) is 36.7 Å². The highest BCUT2D eigenvalue weighted by atomic mass is 35.5. The molecule has 128 valence electrons. The number of hydrogen-bond donors (Lipinski definition) is 2. The smallest absolute Gasteiger partial charge is 0.310 e. The summed E-state index contributed by atoms with van der Waals surface area (Å²) in [4.78, 5) is 0. The van der Waals surface area contributed by atoms with Crippen LogP contribution in [0.4, 0.5) is 13.2 Å². The van der Waals surface area contributed by atoms with Crippen molar-refractivity contribution in [2.45, 2.75) is 70.6 Å². The molecule has 1 aliphatic carbocycles.